The molecule has 1 fully saturated rings. The molecule has 3 rings (SSSR count). The minimum absolute atomic E-state index is 0. The summed E-state index contributed by atoms with van der Waals surface area (Å²) in [6.07, 6.45) is 0.791. The van der Waals surface area contributed by atoms with Crippen LogP contribution in [0.1, 0.15) is 42.6 Å². The minimum atomic E-state index is -0.216. The van der Waals surface area contributed by atoms with Crippen molar-refractivity contribution >= 4 is 41.5 Å². The fourth-order valence-corrected chi connectivity index (χ4v) is 3.32. The van der Waals surface area contributed by atoms with Crippen LogP contribution in [0.2, 0.25) is 10.0 Å². The van der Waals surface area contributed by atoms with Gasteiger partial charge in [-0.25, -0.2) is 9.67 Å². The summed E-state index contributed by atoms with van der Waals surface area (Å²) in [5.41, 5.74) is 6.42. The minimum Gasteiger partial charge on any atom is -0.334 e. The van der Waals surface area contributed by atoms with E-state index >= 15 is 0 Å². The van der Waals surface area contributed by atoms with Gasteiger partial charge in [-0.15, -0.1) is 17.5 Å². The van der Waals surface area contributed by atoms with Gasteiger partial charge in [0.25, 0.3) is 5.91 Å². The summed E-state index contributed by atoms with van der Waals surface area (Å²) in [6, 6.07) is 5.24. The number of hydrogen-bond donors (Lipinski definition) is 1. The number of carbonyl (C=O) groups excluding carboxylic acids is 1. The first-order chi connectivity index (χ1) is 11.4. The third-order valence-corrected chi connectivity index (χ3v) is 4.61. The second-order valence-corrected chi connectivity index (χ2v) is 7.04. The van der Waals surface area contributed by atoms with Gasteiger partial charge < -0.3 is 10.6 Å². The van der Waals surface area contributed by atoms with Gasteiger partial charge in [0.15, 0.2) is 0 Å². The summed E-state index contributed by atoms with van der Waals surface area (Å²) in [5.74, 6) is 0.611. The Hall–Kier alpha value is -1.34. The van der Waals surface area contributed by atoms with Crippen LogP contribution in [0.25, 0.3) is 5.69 Å². The van der Waals surface area contributed by atoms with E-state index in [9.17, 15) is 4.79 Å². The second kappa shape index (κ2) is 7.91. The SMILES string of the molecule is CC(C)c1nc(C(=O)N2CC[C@@H](N)C2)nn1-c1c(Cl)cccc1Cl.Cl. The van der Waals surface area contributed by atoms with Gasteiger partial charge in [0.2, 0.25) is 5.82 Å². The summed E-state index contributed by atoms with van der Waals surface area (Å²) in [4.78, 5) is 18.8. The first kappa shape index (κ1) is 20.0. The molecule has 0 unspecified atom stereocenters. The number of halogens is 3. The summed E-state index contributed by atoms with van der Waals surface area (Å²) in [7, 11) is 0. The summed E-state index contributed by atoms with van der Waals surface area (Å²) in [6.45, 7) is 5.10. The van der Waals surface area contributed by atoms with Crippen LogP contribution in [-0.2, 0) is 0 Å². The highest BCUT2D eigenvalue weighted by molar-refractivity contribution is 6.37. The zero-order chi connectivity index (χ0) is 17.4. The Morgan fingerprint density at radius 1 is 1.32 bits per heavy atom. The third kappa shape index (κ3) is 3.92. The predicted molar refractivity (Wildman–Crippen MR) is 101 cm³/mol. The van der Waals surface area contributed by atoms with Crippen LogP contribution in [-0.4, -0.2) is 44.7 Å². The maximum absolute atomic E-state index is 12.6. The van der Waals surface area contributed by atoms with Gasteiger partial charge in [-0.3, -0.25) is 4.79 Å². The molecule has 136 valence electrons. The molecule has 1 aliphatic heterocycles. The summed E-state index contributed by atoms with van der Waals surface area (Å²) < 4.78 is 1.57. The van der Waals surface area contributed by atoms with Crippen molar-refractivity contribution in [1.82, 2.24) is 19.7 Å². The average Bonchev–Trinajstić information content (AvgIpc) is 3.13. The molecule has 2 aromatic rings. The maximum Gasteiger partial charge on any atom is 0.293 e. The highest BCUT2D eigenvalue weighted by Gasteiger charge is 2.29. The Morgan fingerprint density at radius 2 is 1.96 bits per heavy atom. The fraction of sp³-hybridized carbons (Fsp3) is 0.438. The van der Waals surface area contributed by atoms with Crippen LogP contribution in [0, 0.1) is 0 Å². The molecule has 1 atom stereocenters. The Labute approximate surface area is 162 Å². The molecule has 2 heterocycles. The summed E-state index contributed by atoms with van der Waals surface area (Å²) >= 11 is 12.6. The van der Waals surface area contributed by atoms with Crippen molar-refractivity contribution in [1.29, 1.82) is 0 Å². The van der Waals surface area contributed by atoms with Crippen LogP contribution in [0.3, 0.4) is 0 Å². The molecule has 1 saturated heterocycles. The highest BCUT2D eigenvalue weighted by Crippen LogP contribution is 2.30. The van der Waals surface area contributed by atoms with Gasteiger partial charge in [-0.05, 0) is 18.6 Å². The smallest absolute Gasteiger partial charge is 0.293 e. The zero-order valence-electron chi connectivity index (χ0n) is 13.9. The number of nitrogens with zero attached hydrogens (tertiary/aromatic N) is 4. The number of rotatable bonds is 3. The lowest BCUT2D eigenvalue weighted by Gasteiger charge is -2.13. The number of aromatic nitrogens is 3. The van der Waals surface area contributed by atoms with E-state index in [1.54, 1.807) is 27.8 Å². The molecule has 1 aliphatic rings. The van der Waals surface area contributed by atoms with Gasteiger partial charge in [0.05, 0.1) is 10.0 Å². The third-order valence-electron chi connectivity index (χ3n) is 4.00. The van der Waals surface area contributed by atoms with Crippen molar-refractivity contribution < 1.29 is 4.79 Å². The molecule has 1 amide bonds. The Balaban J connectivity index is 0.00000225. The topological polar surface area (TPSA) is 77.0 Å². The van der Waals surface area contributed by atoms with Gasteiger partial charge in [-0.2, -0.15) is 0 Å². The first-order valence-corrected chi connectivity index (χ1v) is 8.60. The van der Waals surface area contributed by atoms with E-state index < -0.39 is 0 Å². The largest absolute Gasteiger partial charge is 0.334 e. The number of benzene rings is 1. The monoisotopic (exact) mass is 403 g/mol. The molecule has 1 aromatic carbocycles. The second-order valence-electron chi connectivity index (χ2n) is 6.23. The number of amides is 1. The molecular formula is C16H20Cl3N5O. The van der Waals surface area contributed by atoms with Crippen molar-refractivity contribution in [2.24, 2.45) is 5.73 Å². The molecule has 0 aliphatic carbocycles. The van der Waals surface area contributed by atoms with Gasteiger partial charge in [-0.1, -0.05) is 43.1 Å². The normalized spacial score (nSPS) is 17.0. The maximum atomic E-state index is 12.6. The lowest BCUT2D eigenvalue weighted by atomic mass is 10.2. The Bertz CT molecular complexity index is 757. The van der Waals surface area contributed by atoms with Crippen LogP contribution < -0.4 is 5.73 Å². The lowest BCUT2D eigenvalue weighted by molar-refractivity contribution is 0.0779. The molecule has 6 nitrogen and oxygen atoms in total. The van der Waals surface area contributed by atoms with E-state index in [0.29, 0.717) is 34.6 Å². The first-order valence-electron chi connectivity index (χ1n) is 7.84. The molecule has 0 bridgehead atoms. The van der Waals surface area contributed by atoms with E-state index in [-0.39, 0.29) is 36.1 Å². The molecule has 0 saturated carbocycles. The molecule has 9 heteroatoms. The predicted octanol–water partition coefficient (Wildman–Crippen LogP) is 3.29. The van der Waals surface area contributed by atoms with Crippen LogP contribution in [0.15, 0.2) is 18.2 Å². The fourth-order valence-electron chi connectivity index (χ4n) is 2.76. The number of likely N-dealkylation sites (tertiary alicyclic amines) is 1. The molecule has 2 N–H and O–H groups in total. The van der Waals surface area contributed by atoms with Crippen LogP contribution >= 0.6 is 35.6 Å². The van der Waals surface area contributed by atoms with Crippen molar-refractivity contribution in [3.05, 3.63) is 39.9 Å². The lowest BCUT2D eigenvalue weighted by Crippen LogP contribution is -2.32. The van der Waals surface area contributed by atoms with E-state index in [1.807, 2.05) is 13.8 Å². The van der Waals surface area contributed by atoms with Crippen molar-refractivity contribution in [3.8, 4) is 5.69 Å². The quantitative estimate of drug-likeness (QED) is 0.851. The highest BCUT2D eigenvalue weighted by atomic mass is 35.5. The standard InChI is InChI=1S/C16H19Cl2N5O.ClH/c1-9(2)15-20-14(16(24)22-7-6-10(19)8-22)21-23(15)13-11(17)4-3-5-12(13)18;/h3-5,9-10H,6-8,19H2,1-2H3;1H/t10-;/m1./s1. The number of para-hydroxylation sites is 1. The van der Waals surface area contributed by atoms with Gasteiger partial charge >= 0.3 is 0 Å². The number of hydrogen-bond acceptors (Lipinski definition) is 4. The van der Waals surface area contributed by atoms with E-state index in [0.717, 1.165) is 6.42 Å². The van der Waals surface area contributed by atoms with Gasteiger partial charge in [0.1, 0.15) is 11.5 Å². The van der Waals surface area contributed by atoms with E-state index in [4.69, 9.17) is 28.9 Å². The van der Waals surface area contributed by atoms with E-state index in [2.05, 4.69) is 10.1 Å². The summed E-state index contributed by atoms with van der Waals surface area (Å²) in [5, 5.41) is 5.31. The Morgan fingerprint density at radius 3 is 2.48 bits per heavy atom. The van der Waals surface area contributed by atoms with Crippen molar-refractivity contribution in [2.45, 2.75) is 32.2 Å². The molecule has 25 heavy (non-hydrogen) atoms. The zero-order valence-corrected chi connectivity index (χ0v) is 16.3. The van der Waals surface area contributed by atoms with Gasteiger partial charge in [0, 0.05) is 25.0 Å². The number of carbonyl (C=O) groups is 1. The van der Waals surface area contributed by atoms with Crippen LogP contribution in [0.4, 0.5) is 0 Å². The molecule has 0 spiro atoms. The number of nitrogens with two attached hydrogens (primary N) is 1. The molecule has 0 radical (unpaired) electrons. The molecular weight excluding hydrogens is 385 g/mol. The average molecular weight is 405 g/mol. The van der Waals surface area contributed by atoms with Crippen molar-refractivity contribution in [3.63, 3.8) is 0 Å². The van der Waals surface area contributed by atoms with Crippen molar-refractivity contribution in [2.75, 3.05) is 13.1 Å². The van der Waals surface area contributed by atoms with Crippen LogP contribution in [0.5, 0.6) is 0 Å². The molecule has 1 aromatic heterocycles. The van der Waals surface area contributed by atoms with E-state index in [1.165, 1.54) is 0 Å². The Kier molecular flexibility index (Phi) is 6.32.